The van der Waals surface area contributed by atoms with Gasteiger partial charge in [-0.25, -0.2) is 14.4 Å². The minimum absolute atomic E-state index is 0.0112. The van der Waals surface area contributed by atoms with Crippen LogP contribution >= 0.6 is 0 Å². The van der Waals surface area contributed by atoms with E-state index in [0.29, 0.717) is 12.8 Å². The van der Waals surface area contributed by atoms with Gasteiger partial charge in [-0.1, -0.05) is 0 Å². The summed E-state index contributed by atoms with van der Waals surface area (Å²) in [6.45, 7) is 6.79. The van der Waals surface area contributed by atoms with Gasteiger partial charge >= 0.3 is 18.0 Å². The van der Waals surface area contributed by atoms with Crippen LogP contribution in [0.1, 0.15) is 57.3 Å². The van der Waals surface area contributed by atoms with E-state index in [-0.39, 0.29) is 30.8 Å². The number of amides is 2. The molecular weight excluding hydrogens is 462 g/mol. The fourth-order valence-corrected chi connectivity index (χ4v) is 3.69. The first-order chi connectivity index (χ1) is 16.3. The van der Waals surface area contributed by atoms with Gasteiger partial charge in [-0.3, -0.25) is 19.8 Å². The molecule has 1 saturated carbocycles. The molecule has 0 unspecified atom stereocenters. The van der Waals surface area contributed by atoms with E-state index < -0.39 is 52.1 Å². The van der Waals surface area contributed by atoms with Crippen LogP contribution in [-0.2, 0) is 23.8 Å². The molecule has 1 aliphatic carbocycles. The Morgan fingerprint density at radius 3 is 2.31 bits per heavy atom. The van der Waals surface area contributed by atoms with Crippen molar-refractivity contribution in [2.24, 2.45) is 0 Å². The van der Waals surface area contributed by atoms with Crippen LogP contribution in [0.5, 0.6) is 0 Å². The minimum atomic E-state index is -1.11. The number of nitro groups is 1. The lowest BCUT2D eigenvalue weighted by atomic mass is 10.1. The van der Waals surface area contributed by atoms with Gasteiger partial charge in [-0.15, -0.1) is 0 Å². The van der Waals surface area contributed by atoms with E-state index in [2.05, 4.69) is 5.32 Å². The van der Waals surface area contributed by atoms with E-state index in [1.54, 1.807) is 27.7 Å². The van der Waals surface area contributed by atoms with Crippen LogP contribution in [0.15, 0.2) is 24.3 Å². The Morgan fingerprint density at radius 1 is 1.17 bits per heavy atom. The summed E-state index contributed by atoms with van der Waals surface area (Å²) in [5.41, 5.74) is -2.02. The Balaban J connectivity index is 1.73. The minimum Gasteiger partial charge on any atom is -0.464 e. The molecule has 12 nitrogen and oxygen atoms in total. The second kappa shape index (κ2) is 9.88. The van der Waals surface area contributed by atoms with Gasteiger partial charge in [0.25, 0.3) is 5.69 Å². The lowest BCUT2D eigenvalue weighted by Gasteiger charge is -2.28. The van der Waals surface area contributed by atoms with Crippen molar-refractivity contribution in [3.63, 3.8) is 0 Å². The summed E-state index contributed by atoms with van der Waals surface area (Å²) in [4.78, 5) is 62.2. The predicted molar refractivity (Wildman–Crippen MR) is 120 cm³/mol. The molecule has 0 bridgehead atoms. The molecule has 2 fully saturated rings. The number of nitro benzene ring substituents is 1. The maximum Gasteiger partial charge on any atom is 0.411 e. The van der Waals surface area contributed by atoms with Crippen molar-refractivity contribution >= 4 is 29.6 Å². The molecule has 2 atom stereocenters. The number of carbonyl (C=O) groups is 4. The standard InChI is InChI=1S/C23H29N3O9/c1-5-33-20(29)23(10-11-23)24-18(27)17-12-16(13-25(17)21(30)35-22(2,3)4)34-19(28)14-6-8-15(9-7-14)26(31)32/h6-9,16-17H,5,10-13H2,1-4H3,(H,24,27)/t16-,17+/m1/s1. The quantitative estimate of drug-likeness (QED) is 0.262. The van der Waals surface area contributed by atoms with Gasteiger partial charge in [0.15, 0.2) is 0 Å². The number of hydrogen-bond acceptors (Lipinski definition) is 9. The summed E-state index contributed by atoms with van der Waals surface area (Å²) in [5, 5.41) is 13.5. The Labute approximate surface area is 202 Å². The number of non-ortho nitro benzene ring substituents is 1. The first-order valence-electron chi connectivity index (χ1n) is 11.3. The molecule has 2 aliphatic rings. The fraction of sp³-hybridized carbons (Fsp3) is 0.565. The van der Waals surface area contributed by atoms with Gasteiger partial charge in [0, 0.05) is 18.6 Å². The molecule has 2 amide bonds. The molecule has 0 spiro atoms. The molecule has 1 heterocycles. The van der Waals surface area contributed by atoms with Crippen molar-refractivity contribution in [1.29, 1.82) is 0 Å². The molecule has 0 aromatic heterocycles. The molecule has 1 aromatic rings. The summed E-state index contributed by atoms with van der Waals surface area (Å²) in [6.07, 6.45) is -0.751. The van der Waals surface area contributed by atoms with Crippen LogP contribution < -0.4 is 5.32 Å². The third-order valence-corrected chi connectivity index (χ3v) is 5.56. The second-order valence-electron chi connectivity index (χ2n) is 9.51. The van der Waals surface area contributed by atoms with E-state index in [1.165, 1.54) is 29.2 Å². The van der Waals surface area contributed by atoms with Crippen LogP contribution in [-0.4, -0.2) is 70.2 Å². The topological polar surface area (TPSA) is 154 Å². The van der Waals surface area contributed by atoms with Gasteiger partial charge in [0.2, 0.25) is 5.91 Å². The van der Waals surface area contributed by atoms with Gasteiger partial charge in [-0.05, 0) is 52.7 Å². The lowest BCUT2D eigenvalue weighted by Crippen LogP contribution is -2.53. The summed E-state index contributed by atoms with van der Waals surface area (Å²) < 4.78 is 16.0. The molecule has 1 aromatic carbocycles. The third kappa shape index (κ3) is 6.25. The van der Waals surface area contributed by atoms with Gasteiger partial charge in [0.1, 0.15) is 23.3 Å². The zero-order valence-corrected chi connectivity index (χ0v) is 20.1. The number of benzene rings is 1. The van der Waals surface area contributed by atoms with Crippen molar-refractivity contribution in [3.8, 4) is 0 Å². The number of nitrogens with one attached hydrogen (secondary N) is 1. The first-order valence-corrected chi connectivity index (χ1v) is 11.3. The zero-order chi connectivity index (χ0) is 26.0. The van der Waals surface area contributed by atoms with E-state index >= 15 is 0 Å². The predicted octanol–water partition coefficient (Wildman–Crippen LogP) is 2.34. The molecule has 0 radical (unpaired) electrons. The SMILES string of the molecule is CCOC(=O)C1(NC(=O)[C@@H]2C[C@@H](OC(=O)c3ccc([N+](=O)[O-])cc3)CN2C(=O)OC(C)(C)C)CC1. The Bertz CT molecular complexity index is 1010. The molecular formula is C23H29N3O9. The van der Waals surface area contributed by atoms with Crippen LogP contribution in [0, 0.1) is 10.1 Å². The highest BCUT2D eigenvalue weighted by Crippen LogP contribution is 2.37. The molecule has 35 heavy (non-hydrogen) atoms. The number of hydrogen-bond donors (Lipinski definition) is 1. The molecule has 12 heteroatoms. The van der Waals surface area contributed by atoms with Crippen LogP contribution in [0.25, 0.3) is 0 Å². The largest absolute Gasteiger partial charge is 0.464 e. The summed E-state index contributed by atoms with van der Waals surface area (Å²) in [6, 6.07) is 3.85. The number of rotatable bonds is 7. The van der Waals surface area contributed by atoms with Crippen molar-refractivity contribution < 1.29 is 38.3 Å². The van der Waals surface area contributed by atoms with Crippen LogP contribution in [0.3, 0.4) is 0 Å². The number of nitrogens with zero attached hydrogens (tertiary/aromatic N) is 2. The van der Waals surface area contributed by atoms with Gasteiger partial charge in [-0.2, -0.15) is 0 Å². The van der Waals surface area contributed by atoms with Crippen molar-refractivity contribution in [3.05, 3.63) is 39.9 Å². The summed E-state index contributed by atoms with van der Waals surface area (Å²) in [5.74, 6) is -1.85. The smallest absolute Gasteiger partial charge is 0.411 e. The molecule has 190 valence electrons. The van der Waals surface area contributed by atoms with E-state index in [1.807, 2.05) is 0 Å². The van der Waals surface area contributed by atoms with Crippen molar-refractivity contribution in [2.75, 3.05) is 13.2 Å². The Morgan fingerprint density at radius 2 is 1.80 bits per heavy atom. The van der Waals surface area contributed by atoms with Crippen LogP contribution in [0.2, 0.25) is 0 Å². The highest BCUT2D eigenvalue weighted by atomic mass is 16.6. The van der Waals surface area contributed by atoms with E-state index in [0.717, 1.165) is 0 Å². The van der Waals surface area contributed by atoms with Crippen LogP contribution in [0.4, 0.5) is 10.5 Å². The second-order valence-corrected chi connectivity index (χ2v) is 9.51. The summed E-state index contributed by atoms with van der Waals surface area (Å²) >= 11 is 0. The average molecular weight is 491 g/mol. The number of carbonyl (C=O) groups excluding carboxylic acids is 4. The third-order valence-electron chi connectivity index (χ3n) is 5.56. The van der Waals surface area contributed by atoms with Gasteiger partial charge < -0.3 is 19.5 Å². The highest BCUT2D eigenvalue weighted by Gasteiger charge is 2.55. The maximum absolute atomic E-state index is 13.1. The lowest BCUT2D eigenvalue weighted by molar-refractivity contribution is -0.384. The highest BCUT2D eigenvalue weighted by molar-refractivity contribution is 5.94. The van der Waals surface area contributed by atoms with Crippen molar-refractivity contribution in [1.82, 2.24) is 10.2 Å². The molecule has 1 saturated heterocycles. The molecule has 1 N–H and O–H groups in total. The number of esters is 2. The van der Waals surface area contributed by atoms with Gasteiger partial charge in [0.05, 0.1) is 23.6 Å². The molecule has 1 aliphatic heterocycles. The molecule has 3 rings (SSSR count). The Kier molecular flexibility index (Phi) is 7.32. The van der Waals surface area contributed by atoms with Crippen molar-refractivity contribution in [2.45, 2.75) is 70.2 Å². The average Bonchev–Trinajstić information content (AvgIpc) is 3.43. The maximum atomic E-state index is 13.1. The van der Waals surface area contributed by atoms with E-state index in [9.17, 15) is 29.3 Å². The first kappa shape index (κ1) is 25.9. The monoisotopic (exact) mass is 491 g/mol. The number of ether oxygens (including phenoxy) is 3. The normalized spacial score (nSPS) is 20.5. The summed E-state index contributed by atoms with van der Waals surface area (Å²) in [7, 11) is 0. The Hall–Kier alpha value is -3.70. The van der Waals surface area contributed by atoms with E-state index in [4.69, 9.17) is 14.2 Å². The number of likely N-dealkylation sites (tertiary alicyclic amines) is 1. The fourth-order valence-electron chi connectivity index (χ4n) is 3.69. The zero-order valence-electron chi connectivity index (χ0n) is 20.1.